The van der Waals surface area contributed by atoms with Gasteiger partial charge in [0.2, 0.25) is 0 Å². The van der Waals surface area contributed by atoms with Crippen molar-refractivity contribution >= 4 is 0 Å². The van der Waals surface area contributed by atoms with Crippen LogP contribution in [0.1, 0.15) is 5.56 Å². The van der Waals surface area contributed by atoms with E-state index in [0.29, 0.717) is 16.8 Å². The maximum atomic E-state index is 13.2. The minimum absolute atomic E-state index is 0.407. The number of aromatic nitrogens is 1. The third kappa shape index (κ3) is 3.67. The summed E-state index contributed by atoms with van der Waals surface area (Å²) in [6.07, 6.45) is -2.76. The van der Waals surface area contributed by atoms with Crippen LogP contribution in [0.5, 0.6) is 0 Å². The van der Waals surface area contributed by atoms with Crippen molar-refractivity contribution in [3.05, 3.63) is 103 Å². The Balaban J connectivity index is 1.90. The fourth-order valence-corrected chi connectivity index (χ4v) is 3.06. The van der Waals surface area contributed by atoms with Crippen LogP contribution in [-0.2, 0) is 6.18 Å². The fraction of sp³-hybridized carbons (Fsp3) is 0.0417. The van der Waals surface area contributed by atoms with Gasteiger partial charge >= 0.3 is 6.18 Å². The van der Waals surface area contributed by atoms with Crippen LogP contribution in [0.25, 0.3) is 33.5 Å². The van der Waals surface area contributed by atoms with Crippen LogP contribution < -0.4 is 0 Å². The van der Waals surface area contributed by atoms with Crippen molar-refractivity contribution in [2.75, 3.05) is 0 Å². The molecule has 0 unspecified atom stereocenters. The maximum Gasteiger partial charge on any atom is 0.416 e. The van der Waals surface area contributed by atoms with Gasteiger partial charge in [-0.2, -0.15) is 13.2 Å². The van der Waals surface area contributed by atoms with Crippen molar-refractivity contribution in [2.45, 2.75) is 6.18 Å². The molecule has 0 spiro atoms. The summed E-state index contributed by atoms with van der Waals surface area (Å²) in [5.74, 6) is 0. The first-order chi connectivity index (χ1) is 13.5. The van der Waals surface area contributed by atoms with E-state index < -0.39 is 11.7 Å². The Morgan fingerprint density at radius 3 is 1.93 bits per heavy atom. The SMILES string of the molecule is FC(F)(F)c1cccc(-c2ncc(-c3ccccc3)[c]c2-c2ccccc2)c1. The van der Waals surface area contributed by atoms with Gasteiger partial charge in [0.25, 0.3) is 0 Å². The molecule has 1 nitrogen and oxygen atoms in total. The van der Waals surface area contributed by atoms with E-state index in [-0.39, 0.29) is 0 Å². The molecule has 1 aromatic heterocycles. The summed E-state index contributed by atoms with van der Waals surface area (Å²) >= 11 is 0. The highest BCUT2D eigenvalue weighted by molar-refractivity contribution is 5.83. The van der Waals surface area contributed by atoms with E-state index in [0.717, 1.165) is 28.8 Å². The number of nitrogens with zero attached hydrogens (tertiary/aromatic N) is 1. The van der Waals surface area contributed by atoms with Crippen LogP contribution in [0, 0.1) is 6.07 Å². The molecule has 4 aromatic rings. The molecule has 4 rings (SSSR count). The molecule has 0 saturated heterocycles. The van der Waals surface area contributed by atoms with E-state index in [1.807, 2.05) is 60.7 Å². The zero-order chi connectivity index (χ0) is 19.6. The lowest BCUT2D eigenvalue weighted by Gasteiger charge is -2.13. The monoisotopic (exact) mass is 374 g/mol. The zero-order valence-corrected chi connectivity index (χ0v) is 14.7. The first-order valence-electron chi connectivity index (χ1n) is 8.73. The number of halogens is 3. The first kappa shape index (κ1) is 18.0. The van der Waals surface area contributed by atoms with Crippen molar-refractivity contribution < 1.29 is 13.2 Å². The Hall–Kier alpha value is -3.40. The number of alkyl halides is 3. The van der Waals surface area contributed by atoms with Crippen LogP contribution in [0.4, 0.5) is 13.2 Å². The van der Waals surface area contributed by atoms with Gasteiger partial charge in [0.15, 0.2) is 0 Å². The summed E-state index contributed by atoms with van der Waals surface area (Å²) in [6.45, 7) is 0. The normalized spacial score (nSPS) is 11.4. The van der Waals surface area contributed by atoms with E-state index in [4.69, 9.17) is 0 Å². The molecule has 0 atom stereocenters. The Morgan fingerprint density at radius 1 is 0.679 bits per heavy atom. The van der Waals surface area contributed by atoms with E-state index >= 15 is 0 Å². The molecule has 0 fully saturated rings. The molecule has 0 aliphatic heterocycles. The molecule has 0 aliphatic rings. The van der Waals surface area contributed by atoms with Gasteiger partial charge in [0.1, 0.15) is 0 Å². The van der Waals surface area contributed by atoms with Crippen LogP contribution in [-0.4, -0.2) is 4.98 Å². The second kappa shape index (κ2) is 7.31. The molecule has 0 N–H and O–H groups in total. The standard InChI is InChI=1S/C24H15F3N/c25-24(26,27)21-13-7-12-19(14-21)23-22(18-10-5-2-6-11-18)15-20(16-28-23)17-8-3-1-4-9-17/h1-14,16H. The average molecular weight is 374 g/mol. The van der Waals surface area contributed by atoms with Gasteiger partial charge in [-0.25, -0.2) is 0 Å². The van der Waals surface area contributed by atoms with Gasteiger partial charge in [-0.1, -0.05) is 72.8 Å². The number of rotatable bonds is 3. The minimum atomic E-state index is -4.41. The highest BCUT2D eigenvalue weighted by atomic mass is 19.4. The van der Waals surface area contributed by atoms with Crippen molar-refractivity contribution in [3.63, 3.8) is 0 Å². The Kier molecular flexibility index (Phi) is 4.70. The Bertz CT molecular complexity index is 1090. The highest BCUT2D eigenvalue weighted by Crippen LogP contribution is 2.36. The molecule has 0 amide bonds. The Labute approximate surface area is 161 Å². The maximum absolute atomic E-state index is 13.2. The van der Waals surface area contributed by atoms with Gasteiger partial charge in [0, 0.05) is 29.0 Å². The molecule has 0 bridgehead atoms. The number of hydrogen-bond donors (Lipinski definition) is 0. The van der Waals surface area contributed by atoms with Crippen molar-refractivity contribution in [2.24, 2.45) is 0 Å². The summed E-state index contributed by atoms with van der Waals surface area (Å²) in [5, 5.41) is 0. The van der Waals surface area contributed by atoms with E-state index in [1.165, 1.54) is 6.07 Å². The lowest BCUT2D eigenvalue weighted by Crippen LogP contribution is -2.04. The van der Waals surface area contributed by atoms with E-state index in [2.05, 4.69) is 11.1 Å². The largest absolute Gasteiger partial charge is 0.416 e. The van der Waals surface area contributed by atoms with Crippen LogP contribution >= 0.6 is 0 Å². The summed E-state index contributed by atoms with van der Waals surface area (Å²) in [5.41, 5.74) is 3.43. The Morgan fingerprint density at radius 2 is 1.29 bits per heavy atom. The predicted molar refractivity (Wildman–Crippen MR) is 104 cm³/mol. The predicted octanol–water partition coefficient (Wildman–Crippen LogP) is 6.90. The topological polar surface area (TPSA) is 12.9 Å². The van der Waals surface area contributed by atoms with E-state index in [9.17, 15) is 13.2 Å². The summed E-state index contributed by atoms with van der Waals surface area (Å²) in [6, 6.07) is 27.7. The lowest BCUT2D eigenvalue weighted by molar-refractivity contribution is -0.137. The molecule has 0 aliphatic carbocycles. The molecule has 3 aromatic carbocycles. The number of hydrogen-bond acceptors (Lipinski definition) is 1. The third-order valence-corrected chi connectivity index (χ3v) is 4.43. The molecular weight excluding hydrogens is 359 g/mol. The van der Waals surface area contributed by atoms with Gasteiger partial charge in [-0.15, -0.1) is 0 Å². The smallest absolute Gasteiger partial charge is 0.255 e. The summed E-state index contributed by atoms with van der Waals surface area (Å²) in [7, 11) is 0. The zero-order valence-electron chi connectivity index (χ0n) is 14.7. The van der Waals surface area contributed by atoms with Crippen molar-refractivity contribution in [1.29, 1.82) is 0 Å². The molecule has 28 heavy (non-hydrogen) atoms. The minimum Gasteiger partial charge on any atom is -0.255 e. The molecular formula is C24H15F3N. The van der Waals surface area contributed by atoms with Gasteiger partial charge in [-0.05, 0) is 23.3 Å². The molecule has 1 heterocycles. The summed E-state index contributed by atoms with van der Waals surface area (Å²) < 4.78 is 39.5. The van der Waals surface area contributed by atoms with Crippen LogP contribution in [0.15, 0.2) is 91.1 Å². The number of pyridine rings is 1. The average Bonchev–Trinajstić information content (AvgIpc) is 2.74. The first-order valence-corrected chi connectivity index (χ1v) is 8.73. The van der Waals surface area contributed by atoms with Gasteiger partial charge < -0.3 is 0 Å². The molecule has 4 heteroatoms. The molecule has 137 valence electrons. The van der Waals surface area contributed by atoms with Gasteiger partial charge in [0.05, 0.1) is 11.3 Å². The fourth-order valence-electron chi connectivity index (χ4n) is 3.06. The third-order valence-electron chi connectivity index (χ3n) is 4.43. The molecule has 0 saturated carbocycles. The molecule has 1 radical (unpaired) electrons. The highest BCUT2D eigenvalue weighted by Gasteiger charge is 2.30. The lowest BCUT2D eigenvalue weighted by atomic mass is 9.95. The van der Waals surface area contributed by atoms with E-state index in [1.54, 1.807) is 12.3 Å². The van der Waals surface area contributed by atoms with Crippen molar-refractivity contribution in [1.82, 2.24) is 4.98 Å². The quantitative estimate of drug-likeness (QED) is 0.380. The van der Waals surface area contributed by atoms with Crippen LogP contribution in [0.2, 0.25) is 0 Å². The number of benzene rings is 3. The summed E-state index contributed by atoms with van der Waals surface area (Å²) in [4.78, 5) is 4.53. The van der Waals surface area contributed by atoms with Crippen molar-refractivity contribution in [3.8, 4) is 33.5 Å². The van der Waals surface area contributed by atoms with Gasteiger partial charge in [-0.3, -0.25) is 4.98 Å². The second-order valence-corrected chi connectivity index (χ2v) is 6.33. The second-order valence-electron chi connectivity index (χ2n) is 6.33. The van der Waals surface area contributed by atoms with Crippen LogP contribution in [0.3, 0.4) is 0 Å².